The third-order valence-electron chi connectivity index (χ3n) is 5.94. The van der Waals surface area contributed by atoms with Crippen molar-refractivity contribution in [1.29, 1.82) is 0 Å². The summed E-state index contributed by atoms with van der Waals surface area (Å²) in [6.07, 6.45) is -2.16. The minimum Gasteiger partial charge on any atom is -0.374 e. The van der Waals surface area contributed by atoms with E-state index >= 15 is 0 Å². The highest BCUT2D eigenvalue weighted by atomic mass is 19.4. The predicted octanol–water partition coefficient (Wildman–Crippen LogP) is 3.45. The van der Waals surface area contributed by atoms with E-state index < -0.39 is 30.1 Å². The number of nitrogens with zero attached hydrogens (tertiary/aromatic N) is 1. The first-order chi connectivity index (χ1) is 14.0. The van der Waals surface area contributed by atoms with Crippen molar-refractivity contribution in [1.82, 2.24) is 10.2 Å². The molecule has 1 aromatic rings. The van der Waals surface area contributed by atoms with E-state index in [1.165, 1.54) is 19.1 Å². The van der Waals surface area contributed by atoms with E-state index in [-0.39, 0.29) is 29.6 Å². The summed E-state index contributed by atoms with van der Waals surface area (Å²) in [5, 5.41) is 2.85. The Morgan fingerprint density at radius 3 is 2.37 bits per heavy atom. The Morgan fingerprint density at radius 2 is 1.83 bits per heavy atom. The Bertz CT molecular complexity index is 841. The summed E-state index contributed by atoms with van der Waals surface area (Å²) in [5.41, 5.74) is 0.409. The fraction of sp³-hybridized carbons (Fsp3) is 0.524. The molecule has 3 rings (SSSR count). The third kappa shape index (κ3) is 4.66. The van der Waals surface area contributed by atoms with Gasteiger partial charge in [0.25, 0.3) is 5.91 Å². The molecule has 1 fully saturated rings. The molecule has 0 spiro atoms. The van der Waals surface area contributed by atoms with Crippen LogP contribution < -0.4 is 5.32 Å². The molecule has 2 aliphatic rings. The fourth-order valence-electron chi connectivity index (χ4n) is 4.20. The number of amides is 2. The summed E-state index contributed by atoms with van der Waals surface area (Å²) in [6.45, 7) is -0.350. The van der Waals surface area contributed by atoms with Crippen LogP contribution in [0.3, 0.4) is 0 Å². The monoisotopic (exact) mass is 428 g/mol. The minimum atomic E-state index is -4.52. The number of halogens is 4. The van der Waals surface area contributed by atoms with Gasteiger partial charge in [-0.25, -0.2) is 4.39 Å². The average molecular weight is 428 g/mol. The zero-order chi connectivity index (χ0) is 22.1. The van der Waals surface area contributed by atoms with Gasteiger partial charge < -0.3 is 15.0 Å². The Kier molecular flexibility index (Phi) is 6.21. The zero-order valence-corrected chi connectivity index (χ0v) is 16.8. The van der Waals surface area contributed by atoms with Crippen LogP contribution in [0.25, 0.3) is 0 Å². The lowest BCUT2D eigenvalue weighted by Crippen LogP contribution is -2.44. The second kappa shape index (κ2) is 8.37. The summed E-state index contributed by atoms with van der Waals surface area (Å²) in [5.74, 6) is -1.61. The standard InChI is InChI=1S/C21H24F4N2O3/c1-13-17(11-27(19(13)29)12-21(23,24)25)18(28)26-16-7-9-20(30-2,10-8-16)14-3-5-15(22)6-4-14/h3-6,16H,7-12H2,1-2H3,(H,26,28). The van der Waals surface area contributed by atoms with Crippen molar-refractivity contribution >= 4 is 11.8 Å². The first-order valence-corrected chi connectivity index (χ1v) is 9.72. The lowest BCUT2D eigenvalue weighted by Gasteiger charge is -2.39. The average Bonchev–Trinajstić information content (AvgIpc) is 2.96. The summed E-state index contributed by atoms with van der Waals surface area (Å²) in [4.78, 5) is 25.3. The van der Waals surface area contributed by atoms with Crippen LogP contribution in [0.15, 0.2) is 35.4 Å². The molecule has 2 amide bonds. The number of ether oxygens (including phenoxy) is 1. The third-order valence-corrected chi connectivity index (χ3v) is 5.94. The van der Waals surface area contributed by atoms with Crippen LogP contribution in [0.1, 0.15) is 38.2 Å². The minimum absolute atomic E-state index is 0.0464. The molecule has 1 aliphatic carbocycles. The van der Waals surface area contributed by atoms with Crippen LogP contribution in [0.2, 0.25) is 0 Å². The second-order valence-corrected chi connectivity index (χ2v) is 7.83. The maximum atomic E-state index is 13.2. The number of hydrogen-bond donors (Lipinski definition) is 1. The topological polar surface area (TPSA) is 58.6 Å². The molecule has 164 valence electrons. The van der Waals surface area contributed by atoms with Crippen molar-refractivity contribution in [3.05, 3.63) is 46.8 Å². The van der Waals surface area contributed by atoms with Gasteiger partial charge in [0.15, 0.2) is 0 Å². The van der Waals surface area contributed by atoms with Gasteiger partial charge in [0.05, 0.1) is 12.1 Å². The van der Waals surface area contributed by atoms with Crippen molar-refractivity contribution < 1.29 is 31.9 Å². The molecule has 0 atom stereocenters. The number of hydrogen-bond acceptors (Lipinski definition) is 3. The van der Waals surface area contributed by atoms with Crippen molar-refractivity contribution in [2.45, 2.75) is 50.4 Å². The van der Waals surface area contributed by atoms with E-state index in [0.717, 1.165) is 5.56 Å². The van der Waals surface area contributed by atoms with Gasteiger partial charge in [-0.1, -0.05) is 12.1 Å². The quantitative estimate of drug-likeness (QED) is 0.731. The lowest BCUT2D eigenvalue weighted by atomic mass is 9.77. The SMILES string of the molecule is COC1(c2ccc(F)cc2)CCC(NC(=O)C2=C(C)C(=O)N(CC(F)(F)F)C2)CC1. The van der Waals surface area contributed by atoms with Gasteiger partial charge in [0.2, 0.25) is 5.91 Å². The summed E-state index contributed by atoms with van der Waals surface area (Å²) in [7, 11) is 1.59. The zero-order valence-electron chi connectivity index (χ0n) is 16.8. The lowest BCUT2D eigenvalue weighted by molar-refractivity contribution is -0.156. The Morgan fingerprint density at radius 1 is 1.23 bits per heavy atom. The highest BCUT2D eigenvalue weighted by Crippen LogP contribution is 2.40. The molecule has 1 saturated carbocycles. The van der Waals surface area contributed by atoms with Crippen LogP contribution in [0, 0.1) is 5.82 Å². The molecule has 30 heavy (non-hydrogen) atoms. The number of methoxy groups -OCH3 is 1. The van der Waals surface area contributed by atoms with Gasteiger partial charge in [-0.2, -0.15) is 13.2 Å². The van der Waals surface area contributed by atoms with E-state index in [4.69, 9.17) is 4.74 Å². The maximum absolute atomic E-state index is 13.2. The number of benzene rings is 1. The van der Waals surface area contributed by atoms with Crippen molar-refractivity contribution in [3.63, 3.8) is 0 Å². The Balaban J connectivity index is 1.61. The van der Waals surface area contributed by atoms with Crippen LogP contribution in [0.5, 0.6) is 0 Å². The van der Waals surface area contributed by atoms with Crippen molar-refractivity contribution in [2.75, 3.05) is 20.2 Å². The van der Waals surface area contributed by atoms with Crippen LogP contribution in [-0.2, 0) is 19.9 Å². The van der Waals surface area contributed by atoms with E-state index in [0.29, 0.717) is 30.6 Å². The second-order valence-electron chi connectivity index (χ2n) is 7.83. The highest BCUT2D eigenvalue weighted by Gasteiger charge is 2.41. The van der Waals surface area contributed by atoms with Gasteiger partial charge in [-0.3, -0.25) is 9.59 Å². The fourth-order valence-corrected chi connectivity index (χ4v) is 4.20. The van der Waals surface area contributed by atoms with E-state index in [2.05, 4.69) is 5.32 Å². The van der Waals surface area contributed by atoms with Gasteiger partial charge in [0.1, 0.15) is 12.4 Å². The molecular formula is C21H24F4N2O3. The number of alkyl halides is 3. The maximum Gasteiger partial charge on any atom is 0.406 e. The van der Waals surface area contributed by atoms with Gasteiger partial charge in [-0.15, -0.1) is 0 Å². The molecule has 1 N–H and O–H groups in total. The highest BCUT2D eigenvalue weighted by molar-refractivity contribution is 6.08. The number of rotatable bonds is 5. The van der Waals surface area contributed by atoms with Crippen molar-refractivity contribution in [2.24, 2.45) is 0 Å². The smallest absolute Gasteiger partial charge is 0.374 e. The first kappa shape index (κ1) is 22.3. The molecule has 0 unspecified atom stereocenters. The molecule has 0 bridgehead atoms. The predicted molar refractivity (Wildman–Crippen MR) is 101 cm³/mol. The molecule has 0 saturated heterocycles. The van der Waals surface area contributed by atoms with Crippen molar-refractivity contribution in [3.8, 4) is 0 Å². The summed E-state index contributed by atoms with van der Waals surface area (Å²) >= 11 is 0. The Labute approximate surface area is 172 Å². The molecule has 1 aromatic carbocycles. The van der Waals surface area contributed by atoms with Gasteiger partial charge >= 0.3 is 6.18 Å². The molecule has 0 radical (unpaired) electrons. The first-order valence-electron chi connectivity index (χ1n) is 9.72. The molecule has 9 heteroatoms. The number of nitrogens with one attached hydrogen (secondary N) is 1. The van der Waals surface area contributed by atoms with E-state index in [9.17, 15) is 27.2 Å². The number of carbonyl (C=O) groups excluding carboxylic acids is 2. The molecule has 5 nitrogen and oxygen atoms in total. The van der Waals surface area contributed by atoms with Gasteiger partial charge in [0, 0.05) is 24.3 Å². The molecule has 0 aromatic heterocycles. The van der Waals surface area contributed by atoms with E-state index in [1.54, 1.807) is 19.2 Å². The van der Waals surface area contributed by atoms with Gasteiger partial charge in [-0.05, 0) is 50.3 Å². The Hall–Kier alpha value is -2.42. The van der Waals surface area contributed by atoms with Crippen LogP contribution in [-0.4, -0.2) is 49.1 Å². The molecular weight excluding hydrogens is 404 g/mol. The summed E-state index contributed by atoms with van der Waals surface area (Å²) in [6, 6.07) is 5.94. The summed E-state index contributed by atoms with van der Waals surface area (Å²) < 4.78 is 56.9. The number of carbonyl (C=O) groups is 2. The van der Waals surface area contributed by atoms with Crippen LogP contribution in [0.4, 0.5) is 17.6 Å². The van der Waals surface area contributed by atoms with E-state index in [1.807, 2.05) is 0 Å². The molecule has 1 aliphatic heterocycles. The molecule has 1 heterocycles. The normalized spacial score (nSPS) is 25.1. The van der Waals surface area contributed by atoms with Crippen LogP contribution >= 0.6 is 0 Å². The largest absolute Gasteiger partial charge is 0.406 e.